The van der Waals surface area contributed by atoms with Crippen molar-refractivity contribution in [3.8, 4) is 0 Å². The number of nitrogens with zero attached hydrogens (tertiary/aromatic N) is 4. The number of hydrogen-bond acceptors (Lipinski definition) is 4. The van der Waals surface area contributed by atoms with Crippen molar-refractivity contribution in [3.63, 3.8) is 0 Å². The lowest BCUT2D eigenvalue weighted by Gasteiger charge is -2.38. The maximum Gasteiger partial charge on any atom is 0.154 e. The molecule has 0 aliphatic heterocycles. The lowest BCUT2D eigenvalue weighted by atomic mass is 9.91. The van der Waals surface area contributed by atoms with Crippen molar-refractivity contribution in [2.75, 3.05) is 18.0 Å². The van der Waals surface area contributed by atoms with Crippen LogP contribution in [-0.4, -0.2) is 33.7 Å². The van der Waals surface area contributed by atoms with Gasteiger partial charge in [-0.05, 0) is 25.3 Å². The van der Waals surface area contributed by atoms with E-state index in [9.17, 15) is 0 Å². The summed E-state index contributed by atoms with van der Waals surface area (Å²) in [5, 5.41) is 4.71. The van der Waals surface area contributed by atoms with E-state index < -0.39 is 0 Å². The van der Waals surface area contributed by atoms with Gasteiger partial charge in [0.05, 0.1) is 5.69 Å². The summed E-state index contributed by atoms with van der Waals surface area (Å²) in [5.41, 5.74) is 8.03. The van der Waals surface area contributed by atoms with Crippen LogP contribution >= 0.6 is 0 Å². The van der Waals surface area contributed by atoms with Crippen LogP contribution in [0.25, 0.3) is 5.52 Å². The molecule has 0 atom stereocenters. The van der Waals surface area contributed by atoms with Gasteiger partial charge in [0.15, 0.2) is 5.82 Å². The quantitative estimate of drug-likeness (QED) is 0.937. The molecule has 2 aromatic heterocycles. The van der Waals surface area contributed by atoms with Gasteiger partial charge in [-0.2, -0.15) is 5.10 Å². The normalized spacial score (nSPS) is 16.2. The molecule has 3 rings (SSSR count). The first-order chi connectivity index (χ1) is 10.0. The SMILES string of the molecule is CC(C)(C)c1cc2c(N(CCN)C3CCC3)nccn2n1. The van der Waals surface area contributed by atoms with Crippen molar-refractivity contribution >= 4 is 11.3 Å². The average molecular weight is 287 g/mol. The molecule has 0 radical (unpaired) electrons. The van der Waals surface area contributed by atoms with Gasteiger partial charge < -0.3 is 10.6 Å². The summed E-state index contributed by atoms with van der Waals surface area (Å²) in [5.74, 6) is 1.02. The number of rotatable bonds is 4. The van der Waals surface area contributed by atoms with Crippen molar-refractivity contribution in [2.45, 2.75) is 51.5 Å². The lowest BCUT2D eigenvalue weighted by Crippen LogP contribution is -2.43. The van der Waals surface area contributed by atoms with Crippen LogP contribution < -0.4 is 10.6 Å². The number of fused-ring (bicyclic) bond motifs is 1. The lowest BCUT2D eigenvalue weighted by molar-refractivity contribution is 0.386. The van der Waals surface area contributed by atoms with Crippen LogP contribution in [0.3, 0.4) is 0 Å². The third kappa shape index (κ3) is 2.62. The second kappa shape index (κ2) is 5.30. The van der Waals surface area contributed by atoms with Gasteiger partial charge >= 0.3 is 0 Å². The van der Waals surface area contributed by atoms with Crippen molar-refractivity contribution in [1.82, 2.24) is 14.6 Å². The summed E-state index contributed by atoms with van der Waals surface area (Å²) in [6.45, 7) is 8.06. The molecule has 2 heterocycles. The Morgan fingerprint density at radius 2 is 2.14 bits per heavy atom. The van der Waals surface area contributed by atoms with Crippen LogP contribution in [0.15, 0.2) is 18.5 Å². The first-order valence-corrected chi connectivity index (χ1v) is 7.82. The summed E-state index contributed by atoms with van der Waals surface area (Å²) in [4.78, 5) is 7.00. The van der Waals surface area contributed by atoms with Crippen LogP contribution in [0.5, 0.6) is 0 Å². The monoisotopic (exact) mass is 287 g/mol. The van der Waals surface area contributed by atoms with Crippen molar-refractivity contribution < 1.29 is 0 Å². The molecule has 1 saturated carbocycles. The summed E-state index contributed by atoms with van der Waals surface area (Å²) >= 11 is 0. The Hall–Kier alpha value is -1.62. The molecule has 0 bridgehead atoms. The van der Waals surface area contributed by atoms with Crippen molar-refractivity contribution in [3.05, 3.63) is 24.2 Å². The second-order valence-corrected chi connectivity index (χ2v) is 6.93. The molecular formula is C16H25N5. The molecule has 2 N–H and O–H groups in total. The minimum atomic E-state index is 0.0401. The highest BCUT2D eigenvalue weighted by Gasteiger charge is 2.28. The molecule has 21 heavy (non-hydrogen) atoms. The predicted octanol–water partition coefficient (Wildman–Crippen LogP) is 2.34. The van der Waals surface area contributed by atoms with Gasteiger partial charge in [-0.3, -0.25) is 0 Å². The second-order valence-electron chi connectivity index (χ2n) is 6.93. The molecule has 5 heteroatoms. The molecule has 1 aliphatic carbocycles. The fourth-order valence-electron chi connectivity index (χ4n) is 2.79. The van der Waals surface area contributed by atoms with Gasteiger partial charge in [0.1, 0.15) is 5.52 Å². The molecule has 1 fully saturated rings. The average Bonchev–Trinajstić information content (AvgIpc) is 2.79. The summed E-state index contributed by atoms with van der Waals surface area (Å²) in [6, 6.07) is 2.75. The molecular weight excluding hydrogens is 262 g/mol. The van der Waals surface area contributed by atoms with Gasteiger partial charge in [0.25, 0.3) is 0 Å². The van der Waals surface area contributed by atoms with Crippen molar-refractivity contribution in [1.29, 1.82) is 0 Å². The highest BCUT2D eigenvalue weighted by atomic mass is 15.3. The summed E-state index contributed by atoms with van der Waals surface area (Å²) in [7, 11) is 0. The predicted molar refractivity (Wildman–Crippen MR) is 85.7 cm³/mol. The minimum Gasteiger partial charge on any atom is -0.351 e. The van der Waals surface area contributed by atoms with E-state index in [1.165, 1.54) is 19.3 Å². The Balaban J connectivity index is 2.06. The van der Waals surface area contributed by atoms with Gasteiger partial charge in [-0.25, -0.2) is 9.50 Å². The number of anilines is 1. The molecule has 2 aromatic rings. The van der Waals surface area contributed by atoms with E-state index in [1.807, 2.05) is 16.9 Å². The van der Waals surface area contributed by atoms with E-state index in [4.69, 9.17) is 10.8 Å². The molecule has 5 nitrogen and oxygen atoms in total. The Bertz CT molecular complexity index is 621. The highest BCUT2D eigenvalue weighted by molar-refractivity contribution is 5.70. The molecule has 114 valence electrons. The Kier molecular flexibility index (Phi) is 3.61. The Morgan fingerprint density at radius 3 is 2.71 bits per heavy atom. The highest BCUT2D eigenvalue weighted by Crippen LogP contribution is 2.32. The van der Waals surface area contributed by atoms with Gasteiger partial charge in [-0.1, -0.05) is 20.8 Å². The molecule has 0 unspecified atom stereocenters. The zero-order chi connectivity index (χ0) is 15.0. The maximum atomic E-state index is 5.81. The molecule has 0 spiro atoms. The van der Waals surface area contributed by atoms with Crippen LogP contribution in [-0.2, 0) is 5.41 Å². The van der Waals surface area contributed by atoms with Crippen LogP contribution in [0.2, 0.25) is 0 Å². The van der Waals surface area contributed by atoms with Gasteiger partial charge in [0.2, 0.25) is 0 Å². The molecule has 0 saturated heterocycles. The number of aromatic nitrogens is 3. The largest absolute Gasteiger partial charge is 0.351 e. The molecule has 0 amide bonds. The van der Waals surface area contributed by atoms with Gasteiger partial charge in [0, 0.05) is 36.9 Å². The first kappa shape index (κ1) is 14.3. The smallest absolute Gasteiger partial charge is 0.154 e. The zero-order valence-corrected chi connectivity index (χ0v) is 13.2. The summed E-state index contributed by atoms with van der Waals surface area (Å²) in [6.07, 6.45) is 7.55. The summed E-state index contributed by atoms with van der Waals surface area (Å²) < 4.78 is 1.95. The van der Waals surface area contributed by atoms with Crippen LogP contribution in [0, 0.1) is 0 Å². The van der Waals surface area contributed by atoms with E-state index in [1.54, 1.807) is 0 Å². The molecule has 1 aliphatic rings. The van der Waals surface area contributed by atoms with Crippen LogP contribution in [0.1, 0.15) is 45.7 Å². The van der Waals surface area contributed by atoms with E-state index >= 15 is 0 Å². The maximum absolute atomic E-state index is 5.81. The third-order valence-electron chi connectivity index (χ3n) is 4.30. The van der Waals surface area contributed by atoms with E-state index in [2.05, 4.69) is 36.7 Å². The van der Waals surface area contributed by atoms with E-state index in [0.29, 0.717) is 12.6 Å². The first-order valence-electron chi connectivity index (χ1n) is 7.82. The number of nitrogens with two attached hydrogens (primary N) is 1. The Morgan fingerprint density at radius 1 is 1.38 bits per heavy atom. The topological polar surface area (TPSA) is 59.5 Å². The molecule has 0 aromatic carbocycles. The fraction of sp³-hybridized carbons (Fsp3) is 0.625. The number of hydrogen-bond donors (Lipinski definition) is 1. The fourth-order valence-corrected chi connectivity index (χ4v) is 2.79. The van der Waals surface area contributed by atoms with E-state index in [0.717, 1.165) is 23.6 Å². The zero-order valence-electron chi connectivity index (χ0n) is 13.2. The van der Waals surface area contributed by atoms with Crippen LogP contribution in [0.4, 0.5) is 5.82 Å². The standard InChI is InChI=1S/C16H25N5/c1-16(2,3)14-11-13-15(18-8-10-21(13)19-14)20(9-7-17)12-5-4-6-12/h8,10-12H,4-7,9,17H2,1-3H3. The minimum absolute atomic E-state index is 0.0401. The van der Waals surface area contributed by atoms with Crippen molar-refractivity contribution in [2.24, 2.45) is 5.73 Å². The Labute approximate surface area is 126 Å². The van der Waals surface area contributed by atoms with E-state index in [-0.39, 0.29) is 5.41 Å². The third-order valence-corrected chi connectivity index (χ3v) is 4.30. The van der Waals surface area contributed by atoms with Gasteiger partial charge in [-0.15, -0.1) is 0 Å².